The maximum Gasteiger partial charge on any atom is 0.322 e. The second-order valence-corrected chi connectivity index (χ2v) is 57.2. The summed E-state index contributed by atoms with van der Waals surface area (Å²) in [5.41, 5.74) is 8.12. The maximum atomic E-state index is 12.8. The zero-order chi connectivity index (χ0) is 98.5. The zero-order valence-corrected chi connectivity index (χ0v) is 94.7. The van der Waals surface area contributed by atoms with Crippen LogP contribution < -0.4 is 9.61 Å². The molecule has 0 aliphatic heterocycles. The number of ketones is 1. The summed E-state index contributed by atoms with van der Waals surface area (Å²) in [6.07, 6.45) is 14.9. The van der Waals surface area contributed by atoms with Gasteiger partial charge in [-0.25, -0.2) is 14.5 Å². The first kappa shape index (κ1) is 119. The van der Waals surface area contributed by atoms with Gasteiger partial charge in [-0.3, -0.25) is 9.59 Å². The first-order valence-corrected chi connectivity index (χ1v) is 53.4. The Labute approximate surface area is 818 Å². The Kier molecular flexibility index (Phi) is 50.8. The quantitative estimate of drug-likeness (QED) is 0.0834. The van der Waals surface area contributed by atoms with Crippen LogP contribution >= 0.6 is 125 Å². The lowest BCUT2D eigenvalue weighted by atomic mass is 9.91. The highest BCUT2D eigenvalue weighted by atomic mass is 32.1. The number of aromatic nitrogens is 21. The van der Waals surface area contributed by atoms with E-state index in [1.165, 1.54) is 79.5 Å². The molecule has 1 aliphatic rings. The third-order valence-corrected chi connectivity index (χ3v) is 25.3. The van der Waals surface area contributed by atoms with E-state index in [1.54, 1.807) is 98.9 Å². The van der Waals surface area contributed by atoms with Crippen molar-refractivity contribution in [2.24, 2.45) is 59.6 Å². The summed E-state index contributed by atoms with van der Waals surface area (Å²) >= 11 is 17.6. The van der Waals surface area contributed by atoms with Crippen molar-refractivity contribution in [3.05, 3.63) is 117 Å². The van der Waals surface area contributed by atoms with Crippen LogP contribution in [-0.4, -0.2) is 120 Å². The van der Waals surface area contributed by atoms with Gasteiger partial charge in [-0.15, -0.1) is 182 Å². The fourth-order valence-electron chi connectivity index (χ4n) is 10.2. The van der Waals surface area contributed by atoms with Gasteiger partial charge in [0.15, 0.2) is 11.2 Å². The van der Waals surface area contributed by atoms with E-state index in [0.717, 1.165) is 149 Å². The van der Waals surface area contributed by atoms with E-state index in [0.29, 0.717) is 54.5 Å². The van der Waals surface area contributed by atoms with Crippen LogP contribution in [0.2, 0.25) is 0 Å². The normalized spacial score (nSPS) is 12.8. The van der Waals surface area contributed by atoms with E-state index >= 15 is 0 Å². The Hall–Kier alpha value is -5.57. The minimum absolute atomic E-state index is 0.0655. The van der Waals surface area contributed by atoms with Crippen molar-refractivity contribution < 1.29 is 13.9 Å². The van der Waals surface area contributed by atoms with Gasteiger partial charge in [0.1, 0.15) is 91.4 Å². The Morgan fingerprint density at radius 2 is 0.713 bits per heavy atom. The molecule has 1 N–H and O–H groups in total. The van der Waals surface area contributed by atoms with Gasteiger partial charge >= 0.3 is 4.87 Å². The predicted molar refractivity (Wildman–Crippen MR) is 549 cm³/mol. The van der Waals surface area contributed by atoms with Crippen molar-refractivity contribution in [2.45, 2.75) is 385 Å². The molecule has 0 bridgehead atoms. The molecule has 726 valence electrons. The highest BCUT2D eigenvalue weighted by Crippen LogP contribution is 2.42. The summed E-state index contributed by atoms with van der Waals surface area (Å²) in [5, 5.41) is 99.3. The molecule has 129 heavy (non-hydrogen) atoms. The first-order chi connectivity index (χ1) is 58.9. The van der Waals surface area contributed by atoms with Gasteiger partial charge in [0.2, 0.25) is 0 Å². The topological polar surface area (TPSA) is 317 Å². The molecular weight excluding hydrogens is 1830 g/mol. The van der Waals surface area contributed by atoms with Crippen molar-refractivity contribution in [1.29, 1.82) is 0 Å². The van der Waals surface area contributed by atoms with E-state index in [9.17, 15) is 14.0 Å². The molecule has 1 aliphatic carbocycles. The monoisotopic (exact) mass is 1990 g/mol. The van der Waals surface area contributed by atoms with Crippen LogP contribution in [0.5, 0.6) is 5.19 Å². The standard InChI is InChI=1S/C10H16N2OS.C10H16N2S.C9H15FN2S.2C9H16N2S.C8H14N2OS.2C8H14N2S.C8H13NS.C7H12N2OS.C7H12N2S/c1-7(13)5-8-11-12-9(14-8)6-10(2,3)4;1-10(2,3)6-8-11-12-9(13-8)7-4-5-7;1-6(10)8-12-11-7(13-8)5-9(2,3)4;2*1-5-7-10-11-8(12-7)6-9(2,3)4;1-8(2,3)5-6-9-10-7(11-4)12-6;2*1-6-9-10-7(11-6)5-8(2,3)4;1-8(2,3)4-7-5-10-6-9-7;1-7(2,3)4-5-8-9-6(10)11-5;1-7(2,3)4-6-9-8-5-10-6/h5-6H2,1-4H3;7H,4-6H2,1-3H3;6H,5H2,1-4H3;2*5-6H2,1-4H3;5H2,1-4H3;2*5H2,1-4H3;5-6H,4H2,1-3H3;4H2,1-3H3,(H,9,10);5H,4H2,1-3H3. The number of rotatable bonds is 18. The van der Waals surface area contributed by atoms with E-state index in [4.69, 9.17) is 4.74 Å². The van der Waals surface area contributed by atoms with E-state index in [2.05, 4.69) is 355 Å². The molecule has 12 rings (SSSR count). The molecule has 36 heteroatoms. The van der Waals surface area contributed by atoms with Crippen LogP contribution in [0.15, 0.2) is 21.2 Å². The summed E-state index contributed by atoms with van der Waals surface area (Å²) in [7, 11) is 1.61. The number of H-pyrrole nitrogens is 1. The van der Waals surface area contributed by atoms with Crippen LogP contribution in [0.4, 0.5) is 4.39 Å². The Morgan fingerprint density at radius 3 is 1.01 bits per heavy atom. The van der Waals surface area contributed by atoms with Gasteiger partial charge in [-0.1, -0.05) is 276 Å². The van der Waals surface area contributed by atoms with Gasteiger partial charge in [0.05, 0.1) is 24.7 Å². The second-order valence-electron chi connectivity index (χ2n) is 45.3. The van der Waals surface area contributed by atoms with Crippen molar-refractivity contribution in [2.75, 3.05) is 7.11 Å². The number of hydrogen-bond acceptors (Lipinski definition) is 34. The van der Waals surface area contributed by atoms with Crippen LogP contribution in [0.25, 0.3) is 0 Å². The lowest BCUT2D eigenvalue weighted by molar-refractivity contribution is -0.116. The van der Waals surface area contributed by atoms with Crippen LogP contribution in [0, 0.1) is 73.4 Å². The number of nitrogens with one attached hydrogen (secondary N) is 1. The minimum atomic E-state index is -0.994. The average Bonchev–Trinajstić information content (AvgIpc) is 1.69. The molecule has 0 amide bonds. The second kappa shape index (κ2) is 54.8. The summed E-state index contributed by atoms with van der Waals surface area (Å²) < 4.78 is 17.7. The zero-order valence-electron chi connectivity index (χ0n) is 85.7. The SMILES string of the molecule is CC(=O)Cc1nnc(CC(C)(C)C)s1.CC(C)(C)Cc1cscn1.CC(C)(C)Cc1n[nH]c(=O)s1.CC(C)(C)Cc1nnc(C2CC2)s1.CC(C)(C)Cc1nncs1.CC(F)c1nnc(CC(C)(C)C)s1.CCc1nnc(CC(C)(C)C)s1.CCc1nnc(CC(C)(C)C)s1.COc1nnc(CC(C)(C)C)s1.Cc1nnc(CC(C)(C)C)s1.Cc1nnc(CC(C)(C)C)s1. The minimum Gasteiger partial charge on any atom is -0.472 e. The van der Waals surface area contributed by atoms with Gasteiger partial charge < -0.3 is 4.74 Å². The number of aromatic amines is 1. The van der Waals surface area contributed by atoms with E-state index in [-0.39, 0.29) is 32.3 Å². The molecule has 1 atom stereocenters. The highest BCUT2D eigenvalue weighted by Gasteiger charge is 2.29. The smallest absolute Gasteiger partial charge is 0.322 e. The van der Waals surface area contributed by atoms with Gasteiger partial charge in [0.25, 0.3) is 5.19 Å². The Bertz CT molecular complexity index is 4580. The number of hydrogen-bond donors (Lipinski definition) is 1. The first-order valence-electron chi connectivity index (χ1n) is 44.2. The van der Waals surface area contributed by atoms with Crippen LogP contribution in [0.3, 0.4) is 0 Å². The molecule has 11 heterocycles. The van der Waals surface area contributed by atoms with E-state index in [1.807, 2.05) is 30.7 Å². The van der Waals surface area contributed by atoms with Crippen molar-refractivity contribution in [3.63, 3.8) is 0 Å². The molecule has 11 aromatic heterocycles. The number of nitrogens with zero attached hydrogens (tertiary/aromatic N) is 20. The number of aryl methyl sites for hydroxylation is 4. The molecule has 24 nitrogen and oxygen atoms in total. The van der Waals surface area contributed by atoms with Gasteiger partial charge in [-0.2, -0.15) is 5.10 Å². The lowest BCUT2D eigenvalue weighted by Crippen LogP contribution is -2.08. The van der Waals surface area contributed by atoms with Crippen molar-refractivity contribution in [1.82, 2.24) is 107 Å². The van der Waals surface area contributed by atoms with Crippen LogP contribution in [-0.2, 0) is 94.7 Å². The number of carbonyl (C=O) groups is 1. The number of Topliss-reactive ketones (excluding diaryl/α,β-unsaturated/α-hetero) is 1. The molecule has 0 aromatic carbocycles. The van der Waals surface area contributed by atoms with Crippen molar-refractivity contribution in [3.8, 4) is 5.19 Å². The number of carbonyl (C=O) groups excluding carboxylic acids is 1. The largest absolute Gasteiger partial charge is 0.472 e. The highest BCUT2D eigenvalue weighted by molar-refractivity contribution is 7.14. The van der Waals surface area contributed by atoms with Gasteiger partial charge in [0, 0.05) is 75.5 Å². The summed E-state index contributed by atoms with van der Waals surface area (Å²) in [4.78, 5) is 25.7. The summed E-state index contributed by atoms with van der Waals surface area (Å²) in [6, 6.07) is 0. The fourth-order valence-corrected chi connectivity index (χ4v) is 21.2. The van der Waals surface area contributed by atoms with Crippen molar-refractivity contribution >= 4 is 130 Å². The molecule has 0 spiro atoms. The average molecular weight is 1990 g/mol. The molecule has 1 fully saturated rings. The molecule has 1 saturated carbocycles. The summed E-state index contributed by atoms with van der Waals surface area (Å²) in [6.45, 7) is 83.7. The third-order valence-electron chi connectivity index (χ3n) is 15.4. The molecule has 0 saturated heterocycles. The van der Waals surface area contributed by atoms with Crippen LogP contribution in [0.1, 0.15) is 372 Å². The third kappa shape index (κ3) is 64.9. The Balaban J connectivity index is 0.000000481. The molecule has 11 aromatic rings. The van der Waals surface area contributed by atoms with Gasteiger partial charge in [-0.05, 0) is 119 Å². The molecular formula is C93H158FN21O3S11. The Morgan fingerprint density at radius 1 is 0.388 bits per heavy atom. The lowest BCUT2D eigenvalue weighted by Gasteiger charge is -2.15. The molecule has 1 unspecified atom stereocenters. The fraction of sp³-hybridized carbons (Fsp3) is 0.742. The number of halogens is 1. The van der Waals surface area contributed by atoms with E-state index < -0.39 is 6.17 Å². The molecule has 0 radical (unpaired) electrons. The summed E-state index contributed by atoms with van der Waals surface area (Å²) in [5.74, 6) is 0.898. The maximum absolute atomic E-state index is 12.8. The predicted octanol–water partition coefficient (Wildman–Crippen LogP) is 27.1. The number of alkyl halides is 1. The number of methoxy groups -OCH3 is 1. The number of ether oxygens (including phenoxy) is 1. The number of thiazole rings is 1.